The van der Waals surface area contributed by atoms with Gasteiger partial charge in [-0.15, -0.1) is 0 Å². The van der Waals surface area contributed by atoms with Crippen molar-refractivity contribution in [2.24, 2.45) is 5.92 Å². The minimum Gasteiger partial charge on any atom is -0.349 e. The molecule has 2 rings (SSSR count). The Kier molecular flexibility index (Phi) is 4.89. The first-order chi connectivity index (χ1) is 9.08. The van der Waals surface area contributed by atoms with Crippen LogP contribution in [0.5, 0.6) is 0 Å². The van der Waals surface area contributed by atoms with Gasteiger partial charge in [0.1, 0.15) is 0 Å². The zero-order chi connectivity index (χ0) is 13.8. The SMILES string of the molecule is C[C@H](NC(=O)[C@@H]1CC=CCC1)c1ccc(Cl)c(Cl)c1. The summed E-state index contributed by atoms with van der Waals surface area (Å²) < 4.78 is 0. The molecule has 2 nitrogen and oxygen atoms in total. The molecule has 0 saturated heterocycles. The summed E-state index contributed by atoms with van der Waals surface area (Å²) in [6.45, 7) is 1.95. The summed E-state index contributed by atoms with van der Waals surface area (Å²) in [6.07, 6.45) is 6.96. The zero-order valence-electron chi connectivity index (χ0n) is 10.8. The number of allylic oxidation sites excluding steroid dienone is 2. The van der Waals surface area contributed by atoms with E-state index in [9.17, 15) is 4.79 Å². The quantitative estimate of drug-likeness (QED) is 0.816. The van der Waals surface area contributed by atoms with E-state index >= 15 is 0 Å². The van der Waals surface area contributed by atoms with E-state index in [1.807, 2.05) is 13.0 Å². The lowest BCUT2D eigenvalue weighted by Gasteiger charge is -2.21. The van der Waals surface area contributed by atoms with Crippen LogP contribution in [0, 0.1) is 5.92 Å². The van der Waals surface area contributed by atoms with E-state index < -0.39 is 0 Å². The second-order valence-corrected chi connectivity index (χ2v) is 5.70. The lowest BCUT2D eigenvalue weighted by atomic mass is 9.93. The summed E-state index contributed by atoms with van der Waals surface area (Å²) >= 11 is 11.9. The van der Waals surface area contributed by atoms with Gasteiger partial charge >= 0.3 is 0 Å². The molecule has 0 saturated carbocycles. The lowest BCUT2D eigenvalue weighted by Crippen LogP contribution is -2.33. The first-order valence-corrected chi connectivity index (χ1v) is 7.24. The molecule has 1 aliphatic carbocycles. The van der Waals surface area contributed by atoms with Gasteiger partial charge in [0.15, 0.2) is 0 Å². The van der Waals surface area contributed by atoms with Gasteiger partial charge in [-0.3, -0.25) is 4.79 Å². The van der Waals surface area contributed by atoms with Gasteiger partial charge < -0.3 is 5.32 Å². The van der Waals surface area contributed by atoms with Crippen LogP contribution in [0.2, 0.25) is 10.0 Å². The number of benzene rings is 1. The second-order valence-electron chi connectivity index (χ2n) is 4.89. The predicted molar refractivity (Wildman–Crippen MR) is 79.5 cm³/mol. The van der Waals surface area contributed by atoms with Crippen molar-refractivity contribution in [2.75, 3.05) is 0 Å². The van der Waals surface area contributed by atoms with Gasteiger partial charge in [0.2, 0.25) is 5.91 Å². The first-order valence-electron chi connectivity index (χ1n) is 6.48. The molecule has 4 heteroatoms. The summed E-state index contributed by atoms with van der Waals surface area (Å²) in [7, 11) is 0. The smallest absolute Gasteiger partial charge is 0.223 e. The minimum atomic E-state index is -0.0619. The summed E-state index contributed by atoms with van der Waals surface area (Å²) in [5.74, 6) is 0.207. The van der Waals surface area contributed by atoms with E-state index in [4.69, 9.17) is 23.2 Å². The summed E-state index contributed by atoms with van der Waals surface area (Å²) in [4.78, 5) is 12.1. The molecule has 2 atom stereocenters. The third-order valence-corrected chi connectivity index (χ3v) is 4.18. The van der Waals surface area contributed by atoms with Gasteiger partial charge in [-0.25, -0.2) is 0 Å². The average Bonchev–Trinajstić information content (AvgIpc) is 2.42. The molecule has 1 amide bonds. The Morgan fingerprint density at radius 3 is 2.74 bits per heavy atom. The van der Waals surface area contributed by atoms with Crippen LogP contribution in [-0.4, -0.2) is 5.91 Å². The van der Waals surface area contributed by atoms with Crippen LogP contribution in [0.3, 0.4) is 0 Å². The van der Waals surface area contributed by atoms with Crippen molar-refractivity contribution in [1.82, 2.24) is 5.32 Å². The van der Waals surface area contributed by atoms with Crippen LogP contribution in [0.25, 0.3) is 0 Å². The van der Waals surface area contributed by atoms with Crippen molar-refractivity contribution >= 4 is 29.1 Å². The van der Waals surface area contributed by atoms with Crippen molar-refractivity contribution in [2.45, 2.75) is 32.2 Å². The highest BCUT2D eigenvalue weighted by atomic mass is 35.5. The molecule has 1 N–H and O–H groups in total. The molecule has 0 fully saturated rings. The number of halogens is 2. The normalized spacial score (nSPS) is 20.1. The third-order valence-electron chi connectivity index (χ3n) is 3.44. The summed E-state index contributed by atoms with van der Waals surface area (Å²) in [5, 5.41) is 4.08. The maximum absolute atomic E-state index is 12.1. The molecular weight excluding hydrogens is 281 g/mol. The van der Waals surface area contributed by atoms with E-state index in [1.54, 1.807) is 12.1 Å². The highest BCUT2D eigenvalue weighted by Crippen LogP contribution is 2.26. The Bertz CT molecular complexity index is 499. The molecule has 0 bridgehead atoms. The topological polar surface area (TPSA) is 29.1 Å². The fraction of sp³-hybridized carbons (Fsp3) is 0.400. The molecule has 0 aromatic heterocycles. The highest BCUT2D eigenvalue weighted by molar-refractivity contribution is 6.42. The Balaban J connectivity index is 1.99. The fourth-order valence-electron chi connectivity index (χ4n) is 2.23. The molecule has 102 valence electrons. The van der Waals surface area contributed by atoms with Crippen molar-refractivity contribution in [3.8, 4) is 0 Å². The molecule has 0 radical (unpaired) electrons. The molecular formula is C15H17Cl2NO. The Morgan fingerprint density at radius 2 is 2.11 bits per heavy atom. The maximum atomic E-state index is 12.1. The minimum absolute atomic E-state index is 0.0619. The van der Waals surface area contributed by atoms with E-state index in [1.165, 1.54) is 0 Å². The molecule has 0 heterocycles. The first kappa shape index (κ1) is 14.4. The predicted octanol–water partition coefficient (Wildman–Crippen LogP) is 4.53. The Labute approximate surface area is 123 Å². The van der Waals surface area contributed by atoms with Crippen molar-refractivity contribution in [3.63, 3.8) is 0 Å². The van der Waals surface area contributed by atoms with E-state index in [0.29, 0.717) is 10.0 Å². The van der Waals surface area contributed by atoms with Gasteiger partial charge in [0.05, 0.1) is 16.1 Å². The standard InChI is InChI=1S/C15H17Cl2NO/c1-10(12-7-8-13(16)14(17)9-12)18-15(19)11-5-3-2-4-6-11/h2-3,7-11H,4-6H2,1H3,(H,18,19)/t10-,11+/m0/s1. The average molecular weight is 298 g/mol. The monoisotopic (exact) mass is 297 g/mol. The number of hydrogen-bond donors (Lipinski definition) is 1. The maximum Gasteiger partial charge on any atom is 0.223 e. The molecule has 0 unspecified atom stereocenters. The van der Waals surface area contributed by atoms with Crippen LogP contribution in [0.1, 0.15) is 37.8 Å². The molecule has 0 aliphatic heterocycles. The van der Waals surface area contributed by atoms with Crippen LogP contribution in [-0.2, 0) is 4.79 Å². The van der Waals surface area contributed by atoms with E-state index in [-0.39, 0.29) is 17.9 Å². The van der Waals surface area contributed by atoms with Gasteiger partial charge in [-0.05, 0) is 43.9 Å². The second kappa shape index (κ2) is 6.44. The Morgan fingerprint density at radius 1 is 1.32 bits per heavy atom. The summed E-state index contributed by atoms with van der Waals surface area (Å²) in [6, 6.07) is 5.38. The summed E-state index contributed by atoms with van der Waals surface area (Å²) in [5.41, 5.74) is 0.967. The third kappa shape index (κ3) is 3.74. The van der Waals surface area contributed by atoms with Gasteiger partial charge in [-0.2, -0.15) is 0 Å². The van der Waals surface area contributed by atoms with Crippen LogP contribution in [0.4, 0.5) is 0 Å². The van der Waals surface area contributed by atoms with Crippen molar-refractivity contribution < 1.29 is 4.79 Å². The molecule has 1 aromatic carbocycles. The van der Waals surface area contributed by atoms with Crippen molar-refractivity contribution in [1.29, 1.82) is 0 Å². The molecule has 0 spiro atoms. The zero-order valence-corrected chi connectivity index (χ0v) is 12.3. The van der Waals surface area contributed by atoms with Crippen molar-refractivity contribution in [3.05, 3.63) is 46.0 Å². The molecule has 1 aliphatic rings. The van der Waals surface area contributed by atoms with E-state index in [0.717, 1.165) is 24.8 Å². The lowest BCUT2D eigenvalue weighted by molar-refractivity contribution is -0.125. The largest absolute Gasteiger partial charge is 0.349 e. The van der Waals surface area contributed by atoms with Crippen LogP contribution in [0.15, 0.2) is 30.4 Å². The number of hydrogen-bond acceptors (Lipinski definition) is 1. The van der Waals surface area contributed by atoms with Crippen LogP contribution < -0.4 is 5.32 Å². The fourth-order valence-corrected chi connectivity index (χ4v) is 2.53. The van der Waals surface area contributed by atoms with E-state index in [2.05, 4.69) is 17.5 Å². The van der Waals surface area contributed by atoms with Gasteiger partial charge in [0, 0.05) is 5.92 Å². The van der Waals surface area contributed by atoms with Crippen LogP contribution >= 0.6 is 23.2 Å². The molecule has 19 heavy (non-hydrogen) atoms. The number of rotatable bonds is 3. The number of amides is 1. The van der Waals surface area contributed by atoms with Gasteiger partial charge in [-0.1, -0.05) is 41.4 Å². The van der Waals surface area contributed by atoms with Gasteiger partial charge in [0.25, 0.3) is 0 Å². The number of nitrogens with one attached hydrogen (secondary N) is 1. The molecule has 1 aromatic rings. The highest BCUT2D eigenvalue weighted by Gasteiger charge is 2.20. The number of carbonyl (C=O) groups is 1. The number of carbonyl (C=O) groups excluding carboxylic acids is 1. The Hall–Kier alpha value is -0.990.